The first-order valence-corrected chi connectivity index (χ1v) is 12.7. The molecular formula is C23H29F3N4O3S. The summed E-state index contributed by atoms with van der Waals surface area (Å²) in [5.74, 6) is 0.647. The van der Waals surface area contributed by atoms with E-state index >= 15 is 0 Å². The quantitative estimate of drug-likeness (QED) is 0.641. The van der Waals surface area contributed by atoms with Gasteiger partial charge in [0.05, 0.1) is 12.6 Å². The van der Waals surface area contributed by atoms with Crippen LogP contribution in [0.3, 0.4) is 0 Å². The van der Waals surface area contributed by atoms with Gasteiger partial charge in [0.1, 0.15) is 5.82 Å². The first kappa shape index (κ1) is 25.0. The van der Waals surface area contributed by atoms with E-state index in [0.29, 0.717) is 18.7 Å². The third-order valence-corrected chi connectivity index (χ3v) is 8.62. The van der Waals surface area contributed by atoms with Gasteiger partial charge in [0, 0.05) is 43.5 Å². The average Bonchev–Trinajstić information content (AvgIpc) is 2.80. The molecule has 2 aliphatic rings. The Bertz CT molecular complexity index is 1120. The number of hydrogen-bond donors (Lipinski definition) is 0. The highest BCUT2D eigenvalue weighted by atomic mass is 32.2. The van der Waals surface area contributed by atoms with Gasteiger partial charge in [-0.1, -0.05) is 18.2 Å². The van der Waals surface area contributed by atoms with Gasteiger partial charge in [0.25, 0.3) is 10.2 Å². The molecule has 186 valence electrons. The van der Waals surface area contributed by atoms with E-state index in [-0.39, 0.29) is 25.6 Å². The first-order valence-electron chi connectivity index (χ1n) is 11.3. The van der Waals surface area contributed by atoms with Crippen LogP contribution in [0.1, 0.15) is 42.6 Å². The zero-order valence-electron chi connectivity index (χ0n) is 19.4. The molecule has 0 aliphatic carbocycles. The molecule has 2 fully saturated rings. The van der Waals surface area contributed by atoms with Crippen LogP contribution in [0.25, 0.3) is 11.1 Å². The maximum atomic E-state index is 13.2. The van der Waals surface area contributed by atoms with Crippen LogP contribution in [-0.2, 0) is 14.9 Å². The van der Waals surface area contributed by atoms with Crippen molar-refractivity contribution in [2.24, 2.45) is 0 Å². The fourth-order valence-corrected chi connectivity index (χ4v) is 6.26. The molecule has 7 nitrogen and oxygen atoms in total. The second-order valence-corrected chi connectivity index (χ2v) is 11.0. The van der Waals surface area contributed by atoms with Crippen LogP contribution in [-0.4, -0.2) is 71.6 Å². The molecule has 2 aliphatic heterocycles. The zero-order chi connectivity index (χ0) is 24.7. The molecule has 3 heterocycles. The van der Waals surface area contributed by atoms with Crippen LogP contribution in [0, 0.1) is 13.8 Å². The molecule has 0 bridgehead atoms. The lowest BCUT2D eigenvalue weighted by Crippen LogP contribution is -2.57. The lowest BCUT2D eigenvalue weighted by atomic mass is 9.96. The summed E-state index contributed by atoms with van der Waals surface area (Å²) in [6.07, 6.45) is -2.98. The summed E-state index contributed by atoms with van der Waals surface area (Å²) in [7, 11) is -4.02. The predicted octanol–water partition coefficient (Wildman–Crippen LogP) is 3.84. The fraction of sp³-hybridized carbons (Fsp3) is 0.565. The van der Waals surface area contributed by atoms with Gasteiger partial charge in [-0.05, 0) is 50.3 Å². The van der Waals surface area contributed by atoms with E-state index in [1.54, 1.807) is 12.4 Å². The summed E-state index contributed by atoms with van der Waals surface area (Å²) >= 11 is 0. The van der Waals surface area contributed by atoms with Crippen molar-refractivity contribution in [1.82, 2.24) is 18.6 Å². The summed E-state index contributed by atoms with van der Waals surface area (Å²) in [4.78, 5) is 9.08. The second-order valence-electron chi connectivity index (χ2n) is 9.05. The Morgan fingerprint density at radius 2 is 1.68 bits per heavy atom. The number of halogens is 3. The monoisotopic (exact) mass is 498 g/mol. The molecule has 0 radical (unpaired) electrons. The summed E-state index contributed by atoms with van der Waals surface area (Å²) < 4.78 is 72.7. The Morgan fingerprint density at radius 1 is 1.03 bits per heavy atom. The number of rotatable bonds is 4. The summed E-state index contributed by atoms with van der Waals surface area (Å²) in [6, 6.07) is 6.07. The van der Waals surface area contributed by atoms with Crippen molar-refractivity contribution in [2.75, 3.05) is 26.2 Å². The van der Waals surface area contributed by atoms with Crippen LogP contribution < -0.4 is 0 Å². The Balaban J connectivity index is 1.41. The molecule has 2 unspecified atom stereocenters. The van der Waals surface area contributed by atoms with Crippen molar-refractivity contribution in [3.8, 4) is 11.1 Å². The molecular weight excluding hydrogens is 469 g/mol. The first-order chi connectivity index (χ1) is 16.0. The van der Waals surface area contributed by atoms with E-state index in [9.17, 15) is 21.6 Å². The number of benzene rings is 1. The van der Waals surface area contributed by atoms with Gasteiger partial charge >= 0.3 is 6.18 Å². The van der Waals surface area contributed by atoms with Crippen LogP contribution >= 0.6 is 0 Å². The molecule has 2 aromatic rings. The lowest BCUT2D eigenvalue weighted by molar-refractivity contribution is -0.245. The van der Waals surface area contributed by atoms with Gasteiger partial charge in [0.2, 0.25) is 0 Å². The molecule has 0 N–H and O–H groups in total. The third-order valence-electron chi connectivity index (χ3n) is 6.65. The zero-order valence-corrected chi connectivity index (χ0v) is 20.2. The highest BCUT2D eigenvalue weighted by Crippen LogP contribution is 2.32. The van der Waals surface area contributed by atoms with Crippen LogP contribution in [0.2, 0.25) is 0 Å². The molecule has 0 amide bonds. The van der Waals surface area contributed by atoms with Crippen molar-refractivity contribution in [3.05, 3.63) is 47.5 Å². The van der Waals surface area contributed by atoms with Gasteiger partial charge in [-0.2, -0.15) is 30.2 Å². The number of morpholine rings is 1. The molecule has 0 saturated carbocycles. The van der Waals surface area contributed by atoms with E-state index in [4.69, 9.17) is 4.74 Å². The average molecular weight is 499 g/mol. The third kappa shape index (κ3) is 5.12. The number of hydrogen-bond acceptors (Lipinski definition) is 5. The minimum absolute atomic E-state index is 0.00866. The molecule has 1 aromatic carbocycles. The van der Waals surface area contributed by atoms with Crippen molar-refractivity contribution in [1.29, 1.82) is 0 Å². The summed E-state index contributed by atoms with van der Waals surface area (Å²) in [6.45, 7) is 5.15. The Labute approximate surface area is 198 Å². The number of ether oxygens (including phenoxy) is 1. The topological polar surface area (TPSA) is 75.6 Å². The summed E-state index contributed by atoms with van der Waals surface area (Å²) in [5.41, 5.74) is 4.35. The number of aryl methyl sites for hydroxylation is 1. The van der Waals surface area contributed by atoms with E-state index in [2.05, 4.69) is 29.9 Å². The van der Waals surface area contributed by atoms with Crippen LogP contribution in [0.15, 0.2) is 30.6 Å². The smallest absolute Gasteiger partial charge is 0.363 e. The number of aromatic nitrogens is 2. The highest BCUT2D eigenvalue weighted by Gasteiger charge is 2.48. The second kappa shape index (κ2) is 9.52. The van der Waals surface area contributed by atoms with Gasteiger partial charge in [-0.3, -0.25) is 0 Å². The van der Waals surface area contributed by atoms with Gasteiger partial charge < -0.3 is 4.74 Å². The predicted molar refractivity (Wildman–Crippen MR) is 121 cm³/mol. The standard InChI is InChI=1S/C23H29F3N4O3S/c1-15-5-4-6-20(17(15)3)19-11-27-22(28-12-19)18-7-9-29(10-8-18)34(31,32)30-13-16(2)33-21(14-30)23(24,25)26/h4-6,11-12,16,18,21H,7-10,13-14H2,1-3H3. The molecule has 2 atom stereocenters. The number of alkyl halides is 3. The molecule has 4 rings (SSSR count). The molecule has 11 heteroatoms. The number of nitrogens with zero attached hydrogens (tertiary/aromatic N) is 4. The Hall–Kier alpha value is -2.08. The minimum atomic E-state index is -4.62. The van der Waals surface area contributed by atoms with Gasteiger partial charge in [0.15, 0.2) is 6.10 Å². The van der Waals surface area contributed by atoms with Crippen molar-refractivity contribution < 1.29 is 26.3 Å². The molecule has 1 aromatic heterocycles. The molecule has 34 heavy (non-hydrogen) atoms. The molecule has 0 spiro atoms. The largest absolute Gasteiger partial charge is 0.415 e. The van der Waals surface area contributed by atoms with Crippen LogP contribution in [0.4, 0.5) is 13.2 Å². The number of piperidine rings is 1. The van der Waals surface area contributed by atoms with Crippen molar-refractivity contribution in [3.63, 3.8) is 0 Å². The van der Waals surface area contributed by atoms with Gasteiger partial charge in [-0.15, -0.1) is 0 Å². The van der Waals surface area contributed by atoms with E-state index < -0.39 is 35.1 Å². The van der Waals surface area contributed by atoms with Crippen molar-refractivity contribution >= 4 is 10.2 Å². The normalized spacial score (nSPS) is 23.8. The van der Waals surface area contributed by atoms with E-state index in [1.165, 1.54) is 22.4 Å². The Morgan fingerprint density at radius 3 is 2.29 bits per heavy atom. The lowest BCUT2D eigenvalue weighted by Gasteiger charge is -2.40. The van der Waals surface area contributed by atoms with Gasteiger partial charge in [-0.25, -0.2) is 9.97 Å². The van der Waals surface area contributed by atoms with E-state index in [1.807, 2.05) is 12.1 Å². The highest BCUT2D eigenvalue weighted by molar-refractivity contribution is 7.86. The van der Waals surface area contributed by atoms with E-state index in [0.717, 1.165) is 15.4 Å². The fourth-order valence-electron chi connectivity index (χ4n) is 4.54. The van der Waals surface area contributed by atoms with Crippen LogP contribution in [0.5, 0.6) is 0 Å². The minimum Gasteiger partial charge on any atom is -0.363 e. The Kier molecular flexibility index (Phi) is 7.01. The van der Waals surface area contributed by atoms with Crippen molar-refractivity contribution in [2.45, 2.75) is 57.9 Å². The maximum absolute atomic E-state index is 13.2. The summed E-state index contributed by atoms with van der Waals surface area (Å²) in [5, 5.41) is 0. The maximum Gasteiger partial charge on any atom is 0.415 e. The molecule has 2 saturated heterocycles. The SMILES string of the molecule is Cc1cccc(-c2cnc(C3CCN(S(=O)(=O)N4CC(C)OC(C(F)(F)F)C4)CC3)nc2)c1C.